The van der Waals surface area contributed by atoms with Crippen molar-refractivity contribution in [3.8, 4) is 0 Å². The van der Waals surface area contributed by atoms with Gasteiger partial charge in [0.25, 0.3) is 11.6 Å². The summed E-state index contributed by atoms with van der Waals surface area (Å²) in [4.78, 5) is 40.4. The van der Waals surface area contributed by atoms with E-state index in [1.54, 1.807) is 9.80 Å². The number of benzene rings is 3. The number of hydrogen-bond donors (Lipinski definition) is 0. The van der Waals surface area contributed by atoms with Crippen molar-refractivity contribution in [1.29, 1.82) is 0 Å². The Kier molecular flexibility index (Phi) is 6.16. The molecule has 0 unspecified atom stereocenters. The van der Waals surface area contributed by atoms with Gasteiger partial charge < -0.3 is 9.80 Å². The third-order valence-electron chi connectivity index (χ3n) is 5.85. The molecule has 0 bridgehead atoms. The van der Waals surface area contributed by atoms with Crippen molar-refractivity contribution in [3.63, 3.8) is 0 Å². The van der Waals surface area contributed by atoms with E-state index in [4.69, 9.17) is 11.6 Å². The van der Waals surface area contributed by atoms with Gasteiger partial charge in [0.1, 0.15) is 5.02 Å². The number of para-hydroxylation sites is 2. The predicted octanol–water partition coefficient (Wildman–Crippen LogP) is 5.78. The fourth-order valence-corrected chi connectivity index (χ4v) is 4.64. The lowest BCUT2D eigenvalue weighted by Crippen LogP contribution is -2.47. The van der Waals surface area contributed by atoms with Crippen LogP contribution >= 0.6 is 11.6 Å². The van der Waals surface area contributed by atoms with Gasteiger partial charge in [0.2, 0.25) is 5.91 Å². The Bertz CT molecular complexity index is 1230. The molecule has 0 spiro atoms. The van der Waals surface area contributed by atoms with Gasteiger partial charge in [0.15, 0.2) is 0 Å². The lowest BCUT2D eigenvalue weighted by atomic mass is 9.89. The van der Waals surface area contributed by atoms with Crippen LogP contribution in [0.4, 0.5) is 17.1 Å². The first kappa shape index (κ1) is 22.5. The van der Waals surface area contributed by atoms with Crippen molar-refractivity contribution in [2.45, 2.75) is 32.4 Å². The second-order valence-corrected chi connectivity index (χ2v) is 8.39. The van der Waals surface area contributed by atoms with Crippen LogP contribution < -0.4 is 9.80 Å². The van der Waals surface area contributed by atoms with E-state index in [1.165, 1.54) is 25.1 Å². The lowest BCUT2D eigenvalue weighted by molar-refractivity contribution is -0.384. The van der Waals surface area contributed by atoms with Crippen LogP contribution in [0.1, 0.15) is 42.2 Å². The second kappa shape index (κ2) is 9.03. The minimum atomic E-state index is -0.602. The van der Waals surface area contributed by atoms with Gasteiger partial charge in [-0.15, -0.1) is 0 Å². The van der Waals surface area contributed by atoms with E-state index >= 15 is 0 Å². The van der Waals surface area contributed by atoms with Gasteiger partial charge >= 0.3 is 0 Å². The van der Waals surface area contributed by atoms with Crippen LogP contribution in [0, 0.1) is 10.1 Å². The van der Waals surface area contributed by atoms with Crippen molar-refractivity contribution in [2.75, 3.05) is 9.80 Å². The van der Waals surface area contributed by atoms with Crippen LogP contribution in [0.25, 0.3) is 0 Å². The van der Waals surface area contributed by atoms with Crippen LogP contribution in [0.5, 0.6) is 0 Å². The highest BCUT2D eigenvalue weighted by molar-refractivity contribution is 6.32. The average molecular weight is 464 g/mol. The van der Waals surface area contributed by atoms with Crippen molar-refractivity contribution in [2.24, 2.45) is 0 Å². The molecule has 0 saturated heterocycles. The Balaban J connectivity index is 1.87. The Hall–Kier alpha value is -3.71. The highest BCUT2D eigenvalue weighted by Gasteiger charge is 2.38. The molecule has 0 radical (unpaired) electrons. The molecule has 2 atom stereocenters. The van der Waals surface area contributed by atoms with E-state index in [0.29, 0.717) is 12.1 Å². The van der Waals surface area contributed by atoms with E-state index in [1.807, 2.05) is 61.5 Å². The number of nitro groups is 1. The SMILES string of the molecule is CC(=O)N1c2ccccc2[C@@H](N(C(=O)c2ccc(Cl)c([N+](=O)[O-])c2)c2ccccc2)C[C@H]1C. The number of rotatable bonds is 4. The van der Waals surface area contributed by atoms with Gasteiger partial charge in [-0.3, -0.25) is 19.7 Å². The molecule has 3 aromatic rings. The first-order chi connectivity index (χ1) is 15.8. The van der Waals surface area contributed by atoms with E-state index in [0.717, 1.165) is 11.3 Å². The quantitative estimate of drug-likeness (QED) is 0.362. The first-order valence-electron chi connectivity index (χ1n) is 10.5. The number of fused-ring (bicyclic) bond motifs is 1. The zero-order valence-electron chi connectivity index (χ0n) is 18.1. The van der Waals surface area contributed by atoms with Crippen LogP contribution in [0.2, 0.25) is 5.02 Å². The summed E-state index contributed by atoms with van der Waals surface area (Å²) in [5.74, 6) is -0.455. The normalized spacial score (nSPS) is 17.2. The zero-order valence-corrected chi connectivity index (χ0v) is 18.9. The van der Waals surface area contributed by atoms with Gasteiger partial charge in [0, 0.05) is 36.0 Å². The van der Waals surface area contributed by atoms with Crippen molar-refractivity contribution < 1.29 is 14.5 Å². The standard InChI is InChI=1S/C25H22ClN3O4/c1-16-14-23(20-10-6-7-11-22(20)27(16)17(2)30)28(19-8-4-3-5-9-19)25(31)18-12-13-21(26)24(15-18)29(32)33/h3-13,15-16,23H,14H2,1-2H3/t16-,23+/m1/s1. The first-order valence-corrected chi connectivity index (χ1v) is 10.9. The Morgan fingerprint density at radius 2 is 1.73 bits per heavy atom. The van der Waals surface area contributed by atoms with Crippen molar-refractivity contribution in [1.82, 2.24) is 0 Å². The predicted molar refractivity (Wildman–Crippen MR) is 128 cm³/mol. The fourth-order valence-electron chi connectivity index (χ4n) is 4.46. The molecule has 1 aliphatic heterocycles. The van der Waals surface area contributed by atoms with Crippen LogP contribution in [0.15, 0.2) is 72.8 Å². The number of amides is 2. The van der Waals surface area contributed by atoms with E-state index in [2.05, 4.69) is 0 Å². The molecule has 2 amide bonds. The fraction of sp³-hybridized carbons (Fsp3) is 0.200. The number of carbonyl (C=O) groups is 2. The summed E-state index contributed by atoms with van der Waals surface area (Å²) in [6, 6.07) is 20.2. The van der Waals surface area contributed by atoms with Gasteiger partial charge in [-0.2, -0.15) is 0 Å². The smallest absolute Gasteiger partial charge is 0.288 e. The van der Waals surface area contributed by atoms with Crippen LogP contribution in [-0.4, -0.2) is 22.8 Å². The summed E-state index contributed by atoms with van der Waals surface area (Å²) in [7, 11) is 0. The number of anilines is 2. The maximum absolute atomic E-state index is 13.8. The summed E-state index contributed by atoms with van der Waals surface area (Å²) in [5, 5.41) is 11.4. The van der Waals surface area contributed by atoms with E-state index < -0.39 is 4.92 Å². The summed E-state index contributed by atoms with van der Waals surface area (Å²) >= 11 is 5.97. The number of nitrogens with zero attached hydrogens (tertiary/aromatic N) is 3. The maximum atomic E-state index is 13.8. The second-order valence-electron chi connectivity index (χ2n) is 7.98. The van der Waals surface area contributed by atoms with Gasteiger partial charge in [-0.1, -0.05) is 48.0 Å². The Morgan fingerprint density at radius 3 is 2.39 bits per heavy atom. The highest BCUT2D eigenvalue weighted by Crippen LogP contribution is 2.43. The molecule has 168 valence electrons. The third kappa shape index (κ3) is 4.19. The summed E-state index contributed by atoms with van der Waals surface area (Å²) in [6.45, 7) is 3.48. The number of halogens is 1. The van der Waals surface area contributed by atoms with Crippen LogP contribution in [0.3, 0.4) is 0 Å². The molecule has 3 aromatic carbocycles. The molecule has 0 aliphatic carbocycles. The zero-order chi connectivity index (χ0) is 23.7. The average Bonchev–Trinajstić information content (AvgIpc) is 2.79. The molecule has 1 aliphatic rings. The molecule has 0 aromatic heterocycles. The van der Waals surface area contributed by atoms with E-state index in [-0.39, 0.29) is 40.2 Å². The topological polar surface area (TPSA) is 83.8 Å². The Labute approximate surface area is 196 Å². The van der Waals surface area contributed by atoms with Gasteiger partial charge in [0.05, 0.1) is 11.0 Å². The van der Waals surface area contributed by atoms with Gasteiger partial charge in [-0.25, -0.2) is 0 Å². The van der Waals surface area contributed by atoms with Gasteiger partial charge in [-0.05, 0) is 49.2 Å². The minimum absolute atomic E-state index is 0.0310. The summed E-state index contributed by atoms with van der Waals surface area (Å²) < 4.78 is 0. The molecule has 8 heteroatoms. The molecule has 4 rings (SSSR count). The van der Waals surface area contributed by atoms with Crippen molar-refractivity contribution >= 4 is 40.5 Å². The molecule has 1 heterocycles. The molecule has 0 N–H and O–H groups in total. The maximum Gasteiger partial charge on any atom is 0.288 e. The summed E-state index contributed by atoms with van der Waals surface area (Å²) in [5.41, 5.74) is 2.09. The lowest BCUT2D eigenvalue weighted by Gasteiger charge is -2.43. The third-order valence-corrected chi connectivity index (χ3v) is 6.17. The minimum Gasteiger partial charge on any atom is -0.309 e. The van der Waals surface area contributed by atoms with Crippen molar-refractivity contribution in [3.05, 3.63) is 99.1 Å². The Morgan fingerprint density at radius 1 is 1.06 bits per heavy atom. The molecule has 0 saturated carbocycles. The largest absolute Gasteiger partial charge is 0.309 e. The monoisotopic (exact) mass is 463 g/mol. The number of nitro benzene ring substituents is 1. The number of hydrogen-bond acceptors (Lipinski definition) is 4. The number of carbonyl (C=O) groups excluding carboxylic acids is 2. The summed E-state index contributed by atoms with van der Waals surface area (Å²) in [6.07, 6.45) is 0.507. The van der Waals surface area contributed by atoms with E-state index in [9.17, 15) is 19.7 Å². The molecular formula is C25H22ClN3O4. The molecule has 0 fully saturated rings. The highest BCUT2D eigenvalue weighted by atomic mass is 35.5. The molecule has 7 nitrogen and oxygen atoms in total. The molecular weight excluding hydrogens is 442 g/mol. The van der Waals surface area contributed by atoms with Crippen LogP contribution in [-0.2, 0) is 4.79 Å². The molecule has 33 heavy (non-hydrogen) atoms.